The number of amides is 2. The molecule has 1 fully saturated rings. The van der Waals surface area contributed by atoms with Gasteiger partial charge in [0.25, 0.3) is 11.8 Å². The molecule has 136 valence electrons. The Bertz CT molecular complexity index is 826. The summed E-state index contributed by atoms with van der Waals surface area (Å²) >= 11 is 0. The van der Waals surface area contributed by atoms with Crippen LogP contribution >= 0.6 is 0 Å². The van der Waals surface area contributed by atoms with Crippen molar-refractivity contribution in [2.45, 2.75) is 13.8 Å². The average Bonchev–Trinajstić information content (AvgIpc) is 2.64. The second-order valence-electron chi connectivity index (χ2n) is 6.80. The van der Waals surface area contributed by atoms with Crippen molar-refractivity contribution in [2.24, 2.45) is 0 Å². The SMILES string of the molecule is Cc1ccc(NC(=O)c2ccnc(C(=O)N3CCN(C)CC3)c2)c(C)c1. The average molecular weight is 352 g/mol. The van der Waals surface area contributed by atoms with Crippen LogP contribution in [-0.2, 0) is 0 Å². The van der Waals surface area contributed by atoms with Crippen LogP contribution in [0.1, 0.15) is 32.0 Å². The first-order chi connectivity index (χ1) is 12.4. The first-order valence-corrected chi connectivity index (χ1v) is 8.76. The Morgan fingerprint density at radius 2 is 1.77 bits per heavy atom. The van der Waals surface area contributed by atoms with Gasteiger partial charge < -0.3 is 15.1 Å². The van der Waals surface area contributed by atoms with Crippen LogP contribution in [-0.4, -0.2) is 59.8 Å². The predicted molar refractivity (Wildman–Crippen MR) is 102 cm³/mol. The lowest BCUT2D eigenvalue weighted by molar-refractivity contribution is 0.0658. The van der Waals surface area contributed by atoms with E-state index in [1.807, 2.05) is 39.1 Å². The molecule has 3 rings (SSSR count). The lowest BCUT2D eigenvalue weighted by Crippen LogP contribution is -2.47. The molecule has 0 atom stereocenters. The minimum Gasteiger partial charge on any atom is -0.335 e. The predicted octanol–water partition coefficient (Wildman–Crippen LogP) is 2.34. The molecule has 0 saturated carbocycles. The summed E-state index contributed by atoms with van der Waals surface area (Å²) in [4.78, 5) is 33.4. The zero-order chi connectivity index (χ0) is 18.7. The number of piperazine rings is 1. The first-order valence-electron chi connectivity index (χ1n) is 8.76. The van der Waals surface area contributed by atoms with E-state index >= 15 is 0 Å². The fourth-order valence-corrected chi connectivity index (χ4v) is 3.01. The van der Waals surface area contributed by atoms with Crippen LogP contribution < -0.4 is 5.32 Å². The van der Waals surface area contributed by atoms with E-state index in [-0.39, 0.29) is 11.8 Å². The van der Waals surface area contributed by atoms with Gasteiger partial charge in [0.1, 0.15) is 5.69 Å². The summed E-state index contributed by atoms with van der Waals surface area (Å²) in [6, 6.07) is 9.06. The van der Waals surface area contributed by atoms with Gasteiger partial charge in [0.15, 0.2) is 0 Å². The van der Waals surface area contributed by atoms with Gasteiger partial charge in [0, 0.05) is 43.6 Å². The molecule has 6 nitrogen and oxygen atoms in total. The smallest absolute Gasteiger partial charge is 0.272 e. The van der Waals surface area contributed by atoms with Gasteiger partial charge in [-0.1, -0.05) is 17.7 Å². The van der Waals surface area contributed by atoms with E-state index in [1.165, 1.54) is 6.20 Å². The minimum absolute atomic E-state index is 0.126. The lowest BCUT2D eigenvalue weighted by Gasteiger charge is -2.32. The van der Waals surface area contributed by atoms with Crippen LogP contribution in [0.4, 0.5) is 5.69 Å². The van der Waals surface area contributed by atoms with Gasteiger partial charge in [-0.15, -0.1) is 0 Å². The number of rotatable bonds is 3. The number of nitrogens with one attached hydrogen (secondary N) is 1. The molecule has 0 bridgehead atoms. The number of nitrogens with zero attached hydrogens (tertiary/aromatic N) is 3. The Morgan fingerprint density at radius 1 is 1.04 bits per heavy atom. The van der Waals surface area contributed by atoms with Crippen LogP contribution in [0.25, 0.3) is 0 Å². The van der Waals surface area contributed by atoms with Gasteiger partial charge in [-0.2, -0.15) is 0 Å². The van der Waals surface area contributed by atoms with Crippen molar-refractivity contribution in [2.75, 3.05) is 38.5 Å². The monoisotopic (exact) mass is 352 g/mol. The van der Waals surface area contributed by atoms with Crippen LogP contribution in [0.3, 0.4) is 0 Å². The van der Waals surface area contributed by atoms with E-state index in [9.17, 15) is 9.59 Å². The van der Waals surface area contributed by atoms with Crippen molar-refractivity contribution in [3.8, 4) is 0 Å². The highest BCUT2D eigenvalue weighted by atomic mass is 16.2. The summed E-state index contributed by atoms with van der Waals surface area (Å²) in [7, 11) is 2.04. The van der Waals surface area contributed by atoms with Crippen LogP contribution in [0.2, 0.25) is 0 Å². The fourth-order valence-electron chi connectivity index (χ4n) is 3.01. The highest BCUT2D eigenvalue weighted by Crippen LogP contribution is 2.17. The molecule has 6 heteroatoms. The van der Waals surface area contributed by atoms with Gasteiger partial charge in [-0.3, -0.25) is 14.6 Å². The number of benzene rings is 1. The Kier molecular flexibility index (Phi) is 5.32. The molecule has 1 aliphatic rings. The van der Waals surface area contributed by atoms with Gasteiger partial charge in [0.05, 0.1) is 0 Å². The Labute approximate surface area is 153 Å². The van der Waals surface area contributed by atoms with E-state index in [2.05, 4.69) is 15.2 Å². The molecule has 0 unspecified atom stereocenters. The third-order valence-electron chi connectivity index (χ3n) is 4.66. The summed E-state index contributed by atoms with van der Waals surface area (Å²) in [6.07, 6.45) is 1.51. The van der Waals surface area contributed by atoms with E-state index < -0.39 is 0 Å². The molecule has 0 spiro atoms. The maximum absolute atomic E-state index is 12.6. The third kappa shape index (κ3) is 4.08. The number of pyridine rings is 1. The molecule has 2 aromatic rings. The van der Waals surface area contributed by atoms with Gasteiger partial charge in [0.2, 0.25) is 0 Å². The number of aryl methyl sites for hydroxylation is 2. The Hall–Kier alpha value is -2.73. The molecule has 1 saturated heterocycles. The summed E-state index contributed by atoms with van der Waals surface area (Å²) in [6.45, 7) is 7.01. The zero-order valence-corrected chi connectivity index (χ0v) is 15.5. The Morgan fingerprint density at radius 3 is 2.46 bits per heavy atom. The van der Waals surface area contributed by atoms with Crippen LogP contribution in [0.15, 0.2) is 36.5 Å². The van der Waals surface area contributed by atoms with Crippen molar-refractivity contribution < 1.29 is 9.59 Å². The molecule has 26 heavy (non-hydrogen) atoms. The molecule has 1 aromatic carbocycles. The van der Waals surface area contributed by atoms with Crippen LogP contribution in [0, 0.1) is 13.8 Å². The molecule has 0 radical (unpaired) electrons. The Balaban J connectivity index is 1.74. The third-order valence-corrected chi connectivity index (χ3v) is 4.66. The number of carbonyl (C=O) groups excluding carboxylic acids is 2. The van der Waals surface area contributed by atoms with E-state index in [0.717, 1.165) is 29.9 Å². The number of likely N-dealkylation sites (N-methyl/N-ethyl adjacent to an activating group) is 1. The quantitative estimate of drug-likeness (QED) is 0.921. The largest absolute Gasteiger partial charge is 0.335 e. The highest BCUT2D eigenvalue weighted by molar-refractivity contribution is 6.06. The summed E-state index contributed by atoms with van der Waals surface area (Å²) in [5, 5.41) is 2.91. The molecule has 2 heterocycles. The molecule has 1 N–H and O–H groups in total. The molecule has 2 amide bonds. The molecular weight excluding hydrogens is 328 g/mol. The summed E-state index contributed by atoms with van der Waals surface area (Å²) in [5.74, 6) is -0.369. The topological polar surface area (TPSA) is 65.5 Å². The maximum atomic E-state index is 12.6. The second-order valence-corrected chi connectivity index (χ2v) is 6.80. The summed E-state index contributed by atoms with van der Waals surface area (Å²) in [5.41, 5.74) is 3.65. The van der Waals surface area contributed by atoms with Crippen molar-refractivity contribution >= 4 is 17.5 Å². The number of anilines is 1. The maximum Gasteiger partial charge on any atom is 0.272 e. The van der Waals surface area contributed by atoms with Crippen molar-refractivity contribution in [3.05, 3.63) is 58.9 Å². The molecule has 0 aliphatic carbocycles. The number of hydrogen-bond donors (Lipinski definition) is 1. The molecule has 1 aromatic heterocycles. The number of hydrogen-bond acceptors (Lipinski definition) is 4. The molecular formula is C20H24N4O2. The number of carbonyl (C=O) groups is 2. The fraction of sp³-hybridized carbons (Fsp3) is 0.350. The lowest BCUT2D eigenvalue weighted by atomic mass is 10.1. The van der Waals surface area contributed by atoms with E-state index in [4.69, 9.17) is 0 Å². The minimum atomic E-state index is -0.244. The second kappa shape index (κ2) is 7.66. The van der Waals surface area contributed by atoms with Crippen molar-refractivity contribution in [1.82, 2.24) is 14.8 Å². The van der Waals surface area contributed by atoms with Crippen LogP contribution in [0.5, 0.6) is 0 Å². The van der Waals surface area contributed by atoms with Crippen molar-refractivity contribution in [3.63, 3.8) is 0 Å². The molecule has 1 aliphatic heterocycles. The van der Waals surface area contributed by atoms with Gasteiger partial charge in [-0.25, -0.2) is 0 Å². The zero-order valence-electron chi connectivity index (χ0n) is 15.5. The standard InChI is InChI=1S/C20H24N4O2/c1-14-4-5-17(15(2)12-14)22-19(25)16-6-7-21-18(13-16)20(26)24-10-8-23(3)9-11-24/h4-7,12-13H,8-11H2,1-3H3,(H,22,25). The van der Waals surface area contributed by atoms with Gasteiger partial charge in [-0.05, 0) is 44.7 Å². The highest BCUT2D eigenvalue weighted by Gasteiger charge is 2.22. The first kappa shape index (κ1) is 18.1. The number of aromatic nitrogens is 1. The summed E-state index contributed by atoms with van der Waals surface area (Å²) < 4.78 is 0. The van der Waals surface area contributed by atoms with E-state index in [1.54, 1.807) is 17.0 Å². The van der Waals surface area contributed by atoms with Gasteiger partial charge >= 0.3 is 0 Å². The van der Waals surface area contributed by atoms with E-state index in [0.29, 0.717) is 24.3 Å². The van der Waals surface area contributed by atoms with Crippen molar-refractivity contribution in [1.29, 1.82) is 0 Å². The normalized spacial score (nSPS) is 15.0.